The summed E-state index contributed by atoms with van der Waals surface area (Å²) in [6, 6.07) is 4.82. The Balaban J connectivity index is 3.41. The Bertz CT molecular complexity index is 421. The fourth-order valence-electron chi connectivity index (χ4n) is 1.08. The van der Waals surface area contributed by atoms with Crippen molar-refractivity contribution in [2.24, 2.45) is 0 Å². The molecule has 0 aliphatic carbocycles. The maximum Gasteiger partial charge on any atom is 0.163 e. The number of Topliss-reactive ketones (excluding diaryl/α,β-unsaturated/α-hetero) is 1. The van der Waals surface area contributed by atoms with E-state index in [0.29, 0.717) is 16.9 Å². The molecule has 4 heteroatoms. The van der Waals surface area contributed by atoms with E-state index in [1.165, 1.54) is 26.2 Å². The highest BCUT2D eigenvalue weighted by Gasteiger charge is 2.12. The average molecular weight is 210 g/mol. The molecule has 1 rings (SSSR count). The largest absolute Gasteiger partial charge is 0.496 e. The number of halogens is 1. The number of hydrogen-bond acceptors (Lipinski definition) is 3. The van der Waals surface area contributed by atoms with Gasteiger partial charge in [0, 0.05) is 6.07 Å². The van der Waals surface area contributed by atoms with Crippen LogP contribution in [-0.4, -0.2) is 12.9 Å². The second-order valence-corrected chi connectivity index (χ2v) is 3.11. The first-order valence-electron chi connectivity index (χ1n) is 3.88. The third-order valence-electron chi connectivity index (χ3n) is 1.79. The van der Waals surface area contributed by atoms with E-state index in [2.05, 4.69) is 0 Å². The lowest BCUT2D eigenvalue weighted by Gasteiger charge is -2.06. The van der Waals surface area contributed by atoms with Crippen molar-refractivity contribution in [1.29, 1.82) is 5.26 Å². The Labute approximate surface area is 86.9 Å². The summed E-state index contributed by atoms with van der Waals surface area (Å²) in [6.45, 7) is 1.42. The van der Waals surface area contributed by atoms with E-state index < -0.39 is 0 Å². The predicted molar refractivity (Wildman–Crippen MR) is 52.7 cm³/mol. The number of ketones is 1. The van der Waals surface area contributed by atoms with E-state index in [1.54, 1.807) is 0 Å². The van der Waals surface area contributed by atoms with Crippen LogP contribution >= 0.6 is 11.6 Å². The van der Waals surface area contributed by atoms with Crippen molar-refractivity contribution in [2.45, 2.75) is 6.92 Å². The van der Waals surface area contributed by atoms with Gasteiger partial charge in [0.25, 0.3) is 0 Å². The zero-order valence-electron chi connectivity index (χ0n) is 7.80. The lowest BCUT2D eigenvalue weighted by atomic mass is 10.1. The SMILES string of the molecule is COc1cc(C#N)c(Cl)cc1C(C)=O. The lowest BCUT2D eigenvalue weighted by molar-refractivity contribution is 0.101. The van der Waals surface area contributed by atoms with E-state index in [1.807, 2.05) is 6.07 Å². The standard InChI is InChI=1S/C10H8ClNO2/c1-6(13)8-4-9(11)7(5-12)3-10(8)14-2/h3-4H,1-2H3. The van der Waals surface area contributed by atoms with Crippen molar-refractivity contribution in [3.63, 3.8) is 0 Å². The fourth-order valence-corrected chi connectivity index (χ4v) is 1.29. The molecule has 0 atom stereocenters. The molecular weight excluding hydrogens is 202 g/mol. The van der Waals surface area contributed by atoms with Gasteiger partial charge in [-0.15, -0.1) is 0 Å². The van der Waals surface area contributed by atoms with Crippen LogP contribution in [0.15, 0.2) is 12.1 Å². The highest BCUT2D eigenvalue weighted by Crippen LogP contribution is 2.26. The maximum atomic E-state index is 11.2. The van der Waals surface area contributed by atoms with Gasteiger partial charge in [-0.3, -0.25) is 4.79 Å². The molecule has 0 heterocycles. The summed E-state index contributed by atoms with van der Waals surface area (Å²) in [5.74, 6) is 0.228. The van der Waals surface area contributed by atoms with E-state index in [9.17, 15) is 4.79 Å². The number of carbonyl (C=O) groups is 1. The first-order chi connectivity index (χ1) is 6.60. The molecule has 1 aromatic rings. The summed E-state index contributed by atoms with van der Waals surface area (Å²) < 4.78 is 4.97. The number of hydrogen-bond donors (Lipinski definition) is 0. The van der Waals surface area contributed by atoms with Gasteiger partial charge in [0.05, 0.1) is 23.3 Å². The van der Waals surface area contributed by atoms with Gasteiger partial charge in [0.2, 0.25) is 0 Å². The van der Waals surface area contributed by atoms with E-state index in [-0.39, 0.29) is 10.8 Å². The number of carbonyl (C=O) groups excluding carboxylic acids is 1. The zero-order chi connectivity index (χ0) is 10.7. The highest BCUT2D eigenvalue weighted by atomic mass is 35.5. The summed E-state index contributed by atoms with van der Waals surface area (Å²) in [5.41, 5.74) is 0.685. The van der Waals surface area contributed by atoms with Crippen LogP contribution in [0.5, 0.6) is 5.75 Å². The minimum Gasteiger partial charge on any atom is -0.496 e. The molecule has 0 spiro atoms. The van der Waals surface area contributed by atoms with Crippen molar-refractivity contribution >= 4 is 17.4 Å². The number of ether oxygens (including phenoxy) is 1. The third-order valence-corrected chi connectivity index (χ3v) is 2.10. The number of benzene rings is 1. The molecule has 0 bridgehead atoms. The molecule has 0 saturated heterocycles. The molecule has 0 amide bonds. The van der Waals surface area contributed by atoms with Crippen molar-refractivity contribution in [2.75, 3.05) is 7.11 Å². The van der Waals surface area contributed by atoms with Crippen molar-refractivity contribution in [3.05, 3.63) is 28.3 Å². The van der Waals surface area contributed by atoms with E-state index in [4.69, 9.17) is 21.6 Å². The number of methoxy groups -OCH3 is 1. The van der Waals surface area contributed by atoms with Crippen molar-refractivity contribution < 1.29 is 9.53 Å². The van der Waals surface area contributed by atoms with Crippen LogP contribution in [0.4, 0.5) is 0 Å². The molecule has 3 nitrogen and oxygen atoms in total. The topological polar surface area (TPSA) is 50.1 Å². The summed E-state index contributed by atoms with van der Waals surface area (Å²) in [6.07, 6.45) is 0. The Hall–Kier alpha value is -1.53. The Kier molecular flexibility index (Phi) is 3.10. The monoisotopic (exact) mass is 209 g/mol. The first-order valence-corrected chi connectivity index (χ1v) is 4.26. The maximum absolute atomic E-state index is 11.2. The molecule has 1 aromatic carbocycles. The van der Waals surface area contributed by atoms with Gasteiger partial charge >= 0.3 is 0 Å². The van der Waals surface area contributed by atoms with Crippen LogP contribution in [0.2, 0.25) is 5.02 Å². The molecule has 0 radical (unpaired) electrons. The number of nitriles is 1. The number of rotatable bonds is 2. The summed E-state index contributed by atoms with van der Waals surface area (Å²) in [5, 5.41) is 8.96. The Morgan fingerprint density at radius 1 is 1.57 bits per heavy atom. The molecule has 0 aromatic heterocycles. The van der Waals surface area contributed by atoms with Crippen LogP contribution < -0.4 is 4.74 Å². The number of nitrogens with zero attached hydrogens (tertiary/aromatic N) is 1. The molecule has 0 aliphatic heterocycles. The van der Waals surface area contributed by atoms with Gasteiger partial charge in [-0.1, -0.05) is 11.6 Å². The fraction of sp³-hybridized carbons (Fsp3) is 0.200. The minimum absolute atomic E-state index is 0.145. The van der Waals surface area contributed by atoms with Gasteiger partial charge in [0.15, 0.2) is 5.78 Å². The first kappa shape index (κ1) is 10.6. The van der Waals surface area contributed by atoms with Gasteiger partial charge in [0.1, 0.15) is 11.8 Å². The molecule has 14 heavy (non-hydrogen) atoms. The second-order valence-electron chi connectivity index (χ2n) is 2.70. The summed E-state index contributed by atoms with van der Waals surface area (Å²) >= 11 is 5.77. The van der Waals surface area contributed by atoms with E-state index >= 15 is 0 Å². The Morgan fingerprint density at radius 3 is 2.64 bits per heavy atom. The molecular formula is C10H8ClNO2. The lowest BCUT2D eigenvalue weighted by Crippen LogP contribution is -1.98. The van der Waals surface area contributed by atoms with E-state index in [0.717, 1.165) is 0 Å². The Morgan fingerprint density at radius 2 is 2.21 bits per heavy atom. The average Bonchev–Trinajstić information content (AvgIpc) is 2.17. The summed E-state index contributed by atoms with van der Waals surface area (Å²) in [4.78, 5) is 11.2. The van der Waals surface area contributed by atoms with Gasteiger partial charge in [-0.25, -0.2) is 0 Å². The van der Waals surface area contributed by atoms with Crippen LogP contribution in [0.25, 0.3) is 0 Å². The third kappa shape index (κ3) is 1.86. The summed E-state index contributed by atoms with van der Waals surface area (Å²) in [7, 11) is 1.44. The quantitative estimate of drug-likeness (QED) is 0.703. The van der Waals surface area contributed by atoms with Crippen LogP contribution in [0.3, 0.4) is 0 Å². The second kappa shape index (κ2) is 4.12. The van der Waals surface area contributed by atoms with Crippen molar-refractivity contribution in [1.82, 2.24) is 0 Å². The molecule has 72 valence electrons. The van der Waals surface area contributed by atoms with Gasteiger partial charge < -0.3 is 4.74 Å². The predicted octanol–water partition coefficient (Wildman–Crippen LogP) is 2.42. The molecule has 0 N–H and O–H groups in total. The smallest absolute Gasteiger partial charge is 0.163 e. The zero-order valence-corrected chi connectivity index (χ0v) is 8.55. The minimum atomic E-state index is -0.145. The van der Waals surface area contributed by atoms with Crippen LogP contribution in [0, 0.1) is 11.3 Å². The molecule has 0 unspecified atom stereocenters. The van der Waals surface area contributed by atoms with Gasteiger partial charge in [-0.2, -0.15) is 5.26 Å². The van der Waals surface area contributed by atoms with Crippen molar-refractivity contribution in [3.8, 4) is 11.8 Å². The molecule has 0 aliphatic rings. The molecule has 0 fully saturated rings. The van der Waals surface area contributed by atoms with Gasteiger partial charge in [-0.05, 0) is 13.0 Å². The molecule has 0 saturated carbocycles. The van der Waals surface area contributed by atoms with Crippen LogP contribution in [-0.2, 0) is 0 Å². The van der Waals surface area contributed by atoms with Crippen LogP contribution in [0.1, 0.15) is 22.8 Å². The normalized spacial score (nSPS) is 9.29. The highest BCUT2D eigenvalue weighted by molar-refractivity contribution is 6.32.